The zero-order valence-electron chi connectivity index (χ0n) is 16.5. The molecule has 3 nitrogen and oxygen atoms in total. The number of benzene rings is 2. The molecule has 3 rings (SSSR count). The quantitative estimate of drug-likeness (QED) is 0.487. The van der Waals surface area contributed by atoms with Crippen molar-refractivity contribution in [2.24, 2.45) is 0 Å². The van der Waals surface area contributed by atoms with E-state index in [-0.39, 0.29) is 30.8 Å². The number of amides is 1. The van der Waals surface area contributed by atoms with Gasteiger partial charge in [0.05, 0.1) is 11.1 Å². The summed E-state index contributed by atoms with van der Waals surface area (Å²) in [4.78, 5) is 15.4. The average molecular weight is 458 g/mol. The third-order valence-corrected chi connectivity index (χ3v) is 4.96. The second-order valence-electron chi connectivity index (χ2n) is 7.19. The van der Waals surface area contributed by atoms with Crippen molar-refractivity contribution in [2.75, 3.05) is 26.2 Å². The second kappa shape index (κ2) is 9.20. The summed E-state index contributed by atoms with van der Waals surface area (Å²) < 4.78 is 90.4. The standard InChI is InChI=1S/C22H17F7N2O/c23-18-7-4-16(19(13-18)22(27,28)29)14-30-9-11-31(12-10-30)20(32)8-3-15-1-5-17(6-2-15)21(24,25)26/h1-2,4-7,13H,9-12,14H2. The number of halogens is 7. The van der Waals surface area contributed by atoms with Gasteiger partial charge in [-0.25, -0.2) is 4.39 Å². The number of hydrogen-bond donors (Lipinski definition) is 0. The minimum Gasteiger partial charge on any atom is -0.329 e. The van der Waals surface area contributed by atoms with Crippen LogP contribution in [0, 0.1) is 17.7 Å². The first kappa shape index (κ1) is 23.6. The lowest BCUT2D eigenvalue weighted by Gasteiger charge is -2.34. The van der Waals surface area contributed by atoms with Crippen molar-refractivity contribution in [2.45, 2.75) is 18.9 Å². The number of alkyl halides is 6. The van der Waals surface area contributed by atoms with Crippen LogP contribution >= 0.6 is 0 Å². The summed E-state index contributed by atoms with van der Waals surface area (Å²) in [5.74, 6) is 3.40. The molecule has 2 aromatic rings. The van der Waals surface area contributed by atoms with Gasteiger partial charge in [-0.1, -0.05) is 12.0 Å². The maximum absolute atomic E-state index is 13.2. The summed E-state index contributed by atoms with van der Waals surface area (Å²) in [6.07, 6.45) is -9.14. The van der Waals surface area contributed by atoms with Crippen LogP contribution in [0.15, 0.2) is 42.5 Å². The second-order valence-corrected chi connectivity index (χ2v) is 7.19. The lowest BCUT2D eigenvalue weighted by atomic mass is 10.1. The average Bonchev–Trinajstić information content (AvgIpc) is 2.73. The fourth-order valence-corrected chi connectivity index (χ4v) is 3.25. The van der Waals surface area contributed by atoms with Crippen molar-refractivity contribution in [1.82, 2.24) is 9.80 Å². The fraction of sp³-hybridized carbons (Fsp3) is 0.318. The van der Waals surface area contributed by atoms with Gasteiger partial charge in [0, 0.05) is 44.2 Å². The van der Waals surface area contributed by atoms with Crippen LogP contribution in [0.2, 0.25) is 0 Å². The Hall–Kier alpha value is -3.06. The SMILES string of the molecule is O=C(C#Cc1ccc(C(F)(F)F)cc1)N1CCN(Cc2ccc(F)cc2C(F)(F)F)CC1. The number of hydrogen-bond acceptors (Lipinski definition) is 2. The van der Waals surface area contributed by atoms with Gasteiger partial charge in [-0.3, -0.25) is 9.69 Å². The highest BCUT2D eigenvalue weighted by Gasteiger charge is 2.34. The van der Waals surface area contributed by atoms with Crippen molar-refractivity contribution in [1.29, 1.82) is 0 Å². The van der Waals surface area contributed by atoms with Crippen molar-refractivity contribution in [3.8, 4) is 11.8 Å². The van der Waals surface area contributed by atoms with Crippen LogP contribution in [0.3, 0.4) is 0 Å². The first-order chi connectivity index (χ1) is 14.9. The topological polar surface area (TPSA) is 23.6 Å². The van der Waals surface area contributed by atoms with Gasteiger partial charge in [0.25, 0.3) is 5.91 Å². The van der Waals surface area contributed by atoms with Crippen LogP contribution in [-0.4, -0.2) is 41.9 Å². The van der Waals surface area contributed by atoms with E-state index in [1.165, 1.54) is 17.0 Å². The number of nitrogens with zero attached hydrogens (tertiary/aromatic N) is 2. The van der Waals surface area contributed by atoms with Gasteiger partial charge < -0.3 is 4.90 Å². The molecule has 2 aromatic carbocycles. The zero-order valence-corrected chi connectivity index (χ0v) is 16.5. The molecule has 1 aliphatic heterocycles. The highest BCUT2D eigenvalue weighted by atomic mass is 19.4. The Bertz CT molecular complexity index is 1030. The lowest BCUT2D eigenvalue weighted by molar-refractivity contribution is -0.139. The Kier molecular flexibility index (Phi) is 6.79. The molecule has 1 saturated heterocycles. The molecule has 0 aliphatic carbocycles. The van der Waals surface area contributed by atoms with Crippen LogP contribution in [0.5, 0.6) is 0 Å². The summed E-state index contributed by atoms with van der Waals surface area (Å²) in [5.41, 5.74) is -1.65. The van der Waals surface area contributed by atoms with Crippen LogP contribution < -0.4 is 0 Å². The highest BCUT2D eigenvalue weighted by Crippen LogP contribution is 2.33. The summed E-state index contributed by atoms with van der Waals surface area (Å²) in [5, 5.41) is 0. The van der Waals surface area contributed by atoms with Gasteiger partial charge in [0.15, 0.2) is 0 Å². The van der Waals surface area contributed by atoms with Crippen molar-refractivity contribution in [3.05, 3.63) is 70.5 Å². The molecule has 0 N–H and O–H groups in total. The Balaban J connectivity index is 1.58. The van der Waals surface area contributed by atoms with Crippen molar-refractivity contribution >= 4 is 5.91 Å². The number of piperazine rings is 1. The van der Waals surface area contributed by atoms with Gasteiger partial charge in [-0.05, 0) is 42.0 Å². The Morgan fingerprint density at radius 2 is 1.50 bits per heavy atom. The van der Waals surface area contributed by atoms with Crippen LogP contribution in [-0.2, 0) is 23.7 Å². The van der Waals surface area contributed by atoms with Gasteiger partial charge in [0.1, 0.15) is 5.82 Å². The molecule has 0 atom stereocenters. The molecule has 1 aliphatic rings. The molecule has 1 fully saturated rings. The normalized spacial score (nSPS) is 15.3. The fourth-order valence-electron chi connectivity index (χ4n) is 3.25. The van der Waals surface area contributed by atoms with E-state index in [0.717, 1.165) is 24.3 Å². The first-order valence-corrected chi connectivity index (χ1v) is 9.49. The zero-order chi connectivity index (χ0) is 23.5. The molecule has 0 aromatic heterocycles. The van der Waals surface area contributed by atoms with Crippen LogP contribution in [0.1, 0.15) is 22.3 Å². The summed E-state index contributed by atoms with van der Waals surface area (Å²) in [6.45, 7) is 0.991. The van der Waals surface area contributed by atoms with E-state index < -0.39 is 35.2 Å². The summed E-state index contributed by atoms with van der Waals surface area (Å²) >= 11 is 0. The Morgan fingerprint density at radius 1 is 0.875 bits per heavy atom. The van der Waals surface area contributed by atoms with Crippen LogP contribution in [0.4, 0.5) is 30.7 Å². The molecule has 1 heterocycles. The van der Waals surface area contributed by atoms with E-state index in [0.29, 0.717) is 19.2 Å². The third kappa shape index (κ3) is 6.01. The predicted molar refractivity (Wildman–Crippen MR) is 102 cm³/mol. The van der Waals surface area contributed by atoms with Gasteiger partial charge in [0.2, 0.25) is 0 Å². The molecular formula is C22H17F7N2O. The summed E-state index contributed by atoms with van der Waals surface area (Å²) in [6, 6.07) is 6.62. The van der Waals surface area contributed by atoms with Crippen molar-refractivity contribution < 1.29 is 35.5 Å². The summed E-state index contributed by atoms with van der Waals surface area (Å²) in [7, 11) is 0. The minimum absolute atomic E-state index is 0.0472. The molecule has 170 valence electrons. The highest BCUT2D eigenvalue weighted by molar-refractivity contribution is 5.94. The maximum Gasteiger partial charge on any atom is 0.416 e. The van der Waals surface area contributed by atoms with E-state index in [2.05, 4.69) is 11.8 Å². The van der Waals surface area contributed by atoms with Gasteiger partial charge in [-0.15, -0.1) is 0 Å². The molecule has 0 unspecified atom stereocenters. The minimum atomic E-state index is -4.68. The predicted octanol–water partition coefficient (Wildman–Crippen LogP) is 4.56. The van der Waals surface area contributed by atoms with E-state index in [9.17, 15) is 35.5 Å². The molecule has 0 spiro atoms. The smallest absolute Gasteiger partial charge is 0.329 e. The molecule has 0 radical (unpaired) electrons. The van der Waals surface area contributed by atoms with E-state index in [4.69, 9.17) is 0 Å². The van der Waals surface area contributed by atoms with Gasteiger partial charge >= 0.3 is 12.4 Å². The molecular weight excluding hydrogens is 441 g/mol. The Labute approximate surface area is 179 Å². The van der Waals surface area contributed by atoms with E-state index >= 15 is 0 Å². The molecule has 1 amide bonds. The molecule has 0 bridgehead atoms. The third-order valence-electron chi connectivity index (χ3n) is 4.96. The van der Waals surface area contributed by atoms with Crippen LogP contribution in [0.25, 0.3) is 0 Å². The maximum atomic E-state index is 13.2. The molecule has 10 heteroatoms. The van der Waals surface area contributed by atoms with E-state index in [1.807, 2.05) is 0 Å². The first-order valence-electron chi connectivity index (χ1n) is 9.49. The Morgan fingerprint density at radius 3 is 2.06 bits per heavy atom. The largest absolute Gasteiger partial charge is 0.416 e. The van der Waals surface area contributed by atoms with Gasteiger partial charge in [-0.2, -0.15) is 26.3 Å². The van der Waals surface area contributed by atoms with E-state index in [1.54, 1.807) is 4.90 Å². The molecule has 32 heavy (non-hydrogen) atoms. The number of carbonyl (C=O) groups excluding carboxylic acids is 1. The van der Waals surface area contributed by atoms with Crippen molar-refractivity contribution in [3.63, 3.8) is 0 Å². The lowest BCUT2D eigenvalue weighted by Crippen LogP contribution is -2.48. The molecule has 0 saturated carbocycles. The number of rotatable bonds is 2. The number of carbonyl (C=O) groups is 1. The monoisotopic (exact) mass is 458 g/mol.